The van der Waals surface area contributed by atoms with Crippen molar-refractivity contribution in [1.29, 1.82) is 0 Å². The van der Waals surface area contributed by atoms with Gasteiger partial charge in [-0.1, -0.05) is 0 Å². The van der Waals surface area contributed by atoms with Crippen LogP contribution in [-0.2, 0) is 4.79 Å². The van der Waals surface area contributed by atoms with E-state index in [1.807, 2.05) is 91.0 Å². The normalized spacial score (nSPS) is 11.8. The Morgan fingerprint density at radius 3 is 1.22 bits per heavy atom. The molecule has 0 aliphatic heterocycles. The minimum atomic E-state index is -2.71. The number of hydrogen-bond donors (Lipinski definition) is 1. The van der Waals surface area contributed by atoms with Crippen molar-refractivity contribution in [3.05, 3.63) is 97.2 Å². The van der Waals surface area contributed by atoms with E-state index >= 15 is 0 Å². The average molecular weight is 321 g/mol. The van der Waals surface area contributed by atoms with E-state index in [-0.39, 0.29) is 0 Å². The van der Waals surface area contributed by atoms with E-state index in [1.165, 1.54) is 6.16 Å². The molecule has 0 heterocycles. The number of hydrogen-bond acceptors (Lipinski definition) is 1. The molecule has 1 N–H and O–H groups in total. The topological polar surface area (TPSA) is 37.3 Å². The molecule has 23 heavy (non-hydrogen) atoms. The standard InChI is InChI=1S/C20H18O2P/c21-20(22)16-23(17-10-4-1-5-11-17,18-12-6-2-7-13-18)19-14-8-3-9-15-19/h1-16,23H,(H,21,22). The summed E-state index contributed by atoms with van der Waals surface area (Å²) in [4.78, 5) is 11.7. The van der Waals surface area contributed by atoms with Gasteiger partial charge in [0.1, 0.15) is 0 Å². The molecule has 0 bridgehead atoms. The molecule has 3 rings (SSSR count). The van der Waals surface area contributed by atoms with Gasteiger partial charge < -0.3 is 0 Å². The maximum absolute atomic E-state index is 11.7. The zero-order chi connectivity index (χ0) is 16.1. The van der Waals surface area contributed by atoms with Crippen LogP contribution in [0.3, 0.4) is 0 Å². The van der Waals surface area contributed by atoms with Crippen LogP contribution < -0.4 is 15.9 Å². The Morgan fingerprint density at radius 1 is 0.652 bits per heavy atom. The van der Waals surface area contributed by atoms with Crippen molar-refractivity contribution < 1.29 is 9.90 Å². The molecule has 0 aromatic heterocycles. The monoisotopic (exact) mass is 321 g/mol. The first-order valence-electron chi connectivity index (χ1n) is 7.49. The predicted molar refractivity (Wildman–Crippen MR) is 98.5 cm³/mol. The molecule has 0 saturated carbocycles. The number of carbonyl (C=O) groups is 1. The molecule has 0 unspecified atom stereocenters. The number of carboxylic acids is 1. The Kier molecular flexibility index (Phi) is 4.55. The zero-order valence-electron chi connectivity index (χ0n) is 12.6. The first-order chi connectivity index (χ1) is 11.2. The van der Waals surface area contributed by atoms with Crippen LogP contribution >= 0.6 is 7.26 Å². The Balaban J connectivity index is 2.32. The van der Waals surface area contributed by atoms with Gasteiger partial charge in [0.15, 0.2) is 0 Å². The third-order valence-corrected chi connectivity index (χ3v) is 8.44. The molecule has 3 aromatic carbocycles. The summed E-state index contributed by atoms with van der Waals surface area (Å²) in [6.07, 6.45) is 1.52. The summed E-state index contributed by atoms with van der Waals surface area (Å²) in [7, 11) is -2.71. The summed E-state index contributed by atoms with van der Waals surface area (Å²) < 4.78 is 0. The van der Waals surface area contributed by atoms with Crippen LogP contribution in [0.2, 0.25) is 0 Å². The molecule has 0 amide bonds. The van der Waals surface area contributed by atoms with Crippen molar-refractivity contribution in [1.82, 2.24) is 0 Å². The molecule has 3 heteroatoms. The Labute approximate surface area is 136 Å². The van der Waals surface area contributed by atoms with E-state index in [4.69, 9.17) is 0 Å². The molecule has 0 atom stereocenters. The van der Waals surface area contributed by atoms with Gasteiger partial charge in [0.05, 0.1) is 0 Å². The Morgan fingerprint density at radius 2 is 0.957 bits per heavy atom. The summed E-state index contributed by atoms with van der Waals surface area (Å²) in [5.74, 6) is -0.881. The van der Waals surface area contributed by atoms with Gasteiger partial charge in [-0.2, -0.15) is 0 Å². The number of benzene rings is 3. The molecule has 2 nitrogen and oxygen atoms in total. The minimum absolute atomic E-state index is 0.881. The molecule has 0 saturated heterocycles. The van der Waals surface area contributed by atoms with E-state index in [9.17, 15) is 9.90 Å². The van der Waals surface area contributed by atoms with Crippen LogP contribution in [0.1, 0.15) is 0 Å². The SMILES string of the molecule is O=C(O)[CH][PH](c1ccccc1)(c1ccccc1)c1ccccc1. The van der Waals surface area contributed by atoms with Crippen LogP contribution in [0.4, 0.5) is 0 Å². The van der Waals surface area contributed by atoms with Gasteiger partial charge in [0.2, 0.25) is 0 Å². The fourth-order valence-electron chi connectivity index (χ4n) is 3.04. The van der Waals surface area contributed by atoms with Crippen molar-refractivity contribution in [3.63, 3.8) is 0 Å². The summed E-state index contributed by atoms with van der Waals surface area (Å²) in [6.45, 7) is 0. The molecule has 0 spiro atoms. The molecule has 0 aliphatic rings. The van der Waals surface area contributed by atoms with E-state index in [2.05, 4.69) is 0 Å². The molecule has 0 aliphatic carbocycles. The van der Waals surface area contributed by atoms with Crippen molar-refractivity contribution >= 4 is 29.1 Å². The van der Waals surface area contributed by atoms with E-state index in [1.54, 1.807) is 0 Å². The van der Waals surface area contributed by atoms with Gasteiger partial charge in [-0.05, 0) is 0 Å². The third kappa shape index (κ3) is 3.04. The van der Waals surface area contributed by atoms with Crippen LogP contribution in [-0.4, -0.2) is 11.1 Å². The van der Waals surface area contributed by atoms with Gasteiger partial charge in [0.25, 0.3) is 0 Å². The van der Waals surface area contributed by atoms with E-state index < -0.39 is 13.2 Å². The number of rotatable bonds is 5. The van der Waals surface area contributed by atoms with Crippen LogP contribution in [0.25, 0.3) is 0 Å². The van der Waals surface area contributed by atoms with E-state index in [0.29, 0.717) is 0 Å². The summed E-state index contributed by atoms with van der Waals surface area (Å²) in [5.41, 5.74) is 0. The van der Waals surface area contributed by atoms with Gasteiger partial charge >= 0.3 is 136 Å². The molecule has 1 radical (unpaired) electrons. The molecule has 3 aromatic rings. The Hall–Kier alpha value is -2.44. The van der Waals surface area contributed by atoms with Crippen LogP contribution in [0.5, 0.6) is 0 Å². The van der Waals surface area contributed by atoms with Crippen molar-refractivity contribution in [2.45, 2.75) is 0 Å². The van der Waals surface area contributed by atoms with Gasteiger partial charge in [-0.3, -0.25) is 0 Å². The fourth-order valence-corrected chi connectivity index (χ4v) is 7.06. The van der Waals surface area contributed by atoms with Gasteiger partial charge in [-0.15, -0.1) is 0 Å². The Bertz CT molecular complexity index is 674. The van der Waals surface area contributed by atoms with Crippen molar-refractivity contribution in [2.24, 2.45) is 0 Å². The second kappa shape index (κ2) is 6.76. The summed E-state index contributed by atoms with van der Waals surface area (Å²) in [5, 5.41) is 12.8. The van der Waals surface area contributed by atoms with E-state index in [0.717, 1.165) is 15.9 Å². The number of carboxylic acid groups (broad SMARTS) is 1. The van der Waals surface area contributed by atoms with Crippen LogP contribution in [0.15, 0.2) is 91.0 Å². The second-order valence-corrected chi connectivity index (χ2v) is 9.03. The van der Waals surface area contributed by atoms with Crippen molar-refractivity contribution in [2.75, 3.05) is 0 Å². The second-order valence-electron chi connectivity index (χ2n) is 5.39. The predicted octanol–water partition coefficient (Wildman–Crippen LogP) is 2.96. The molecule has 0 fully saturated rings. The molecular formula is C20H18O2P. The first-order valence-corrected chi connectivity index (χ1v) is 9.56. The molecule has 115 valence electrons. The molecular weight excluding hydrogens is 303 g/mol. The number of aliphatic carboxylic acids is 1. The first kappa shape index (κ1) is 15.5. The third-order valence-electron chi connectivity index (χ3n) is 4.03. The van der Waals surface area contributed by atoms with Gasteiger partial charge in [-0.25, -0.2) is 0 Å². The fraction of sp³-hybridized carbons (Fsp3) is 0. The quantitative estimate of drug-likeness (QED) is 0.734. The summed E-state index contributed by atoms with van der Waals surface area (Å²) >= 11 is 0. The van der Waals surface area contributed by atoms with Crippen LogP contribution in [0, 0.1) is 6.16 Å². The average Bonchev–Trinajstić information content (AvgIpc) is 2.62. The summed E-state index contributed by atoms with van der Waals surface area (Å²) in [6, 6.07) is 29.9. The zero-order valence-corrected chi connectivity index (χ0v) is 13.6. The maximum atomic E-state index is 11.7. The van der Waals surface area contributed by atoms with Crippen molar-refractivity contribution in [3.8, 4) is 0 Å². The van der Waals surface area contributed by atoms with Gasteiger partial charge in [0, 0.05) is 0 Å².